The molecule has 0 aliphatic heterocycles. The van der Waals surface area contributed by atoms with Gasteiger partial charge in [-0.05, 0) is 36.8 Å². The van der Waals surface area contributed by atoms with Gasteiger partial charge in [-0.2, -0.15) is 0 Å². The van der Waals surface area contributed by atoms with Gasteiger partial charge in [0, 0.05) is 18.8 Å². The molecule has 0 bridgehead atoms. The average Bonchev–Trinajstić information content (AvgIpc) is 2.46. The summed E-state index contributed by atoms with van der Waals surface area (Å²) in [6.07, 6.45) is 0. The molecule has 3 N–H and O–H groups in total. The molecule has 2 rings (SSSR count). The molecule has 0 spiro atoms. The number of rotatable bonds is 6. The largest absolute Gasteiger partial charge is 0.492 e. The van der Waals surface area contributed by atoms with Gasteiger partial charge >= 0.3 is 0 Å². The summed E-state index contributed by atoms with van der Waals surface area (Å²) >= 11 is 0. The molecule has 0 saturated heterocycles. The minimum Gasteiger partial charge on any atom is -0.492 e. The lowest BCUT2D eigenvalue weighted by molar-refractivity contribution is 0.332. The van der Waals surface area contributed by atoms with E-state index in [0.29, 0.717) is 13.2 Å². The van der Waals surface area contributed by atoms with Crippen molar-refractivity contribution in [1.29, 1.82) is 0 Å². The van der Waals surface area contributed by atoms with Crippen LogP contribution in [0.5, 0.6) is 5.75 Å². The molecule has 2 aromatic carbocycles. The second-order valence-corrected chi connectivity index (χ2v) is 4.49. The van der Waals surface area contributed by atoms with Gasteiger partial charge in [-0.15, -0.1) is 0 Å². The Kier molecular flexibility index (Phi) is 4.81. The number of nitrogens with two attached hydrogens (primary N) is 1. The molecule has 2 aromatic rings. The second kappa shape index (κ2) is 6.81. The summed E-state index contributed by atoms with van der Waals surface area (Å²) in [5.74, 6) is 0.869. The molecule has 19 heavy (non-hydrogen) atoms. The average molecular weight is 256 g/mol. The first kappa shape index (κ1) is 13.4. The second-order valence-electron chi connectivity index (χ2n) is 4.49. The molecular weight excluding hydrogens is 236 g/mol. The fourth-order valence-electron chi connectivity index (χ4n) is 1.80. The monoisotopic (exact) mass is 256 g/mol. The van der Waals surface area contributed by atoms with Gasteiger partial charge in [0.05, 0.1) is 0 Å². The third-order valence-corrected chi connectivity index (χ3v) is 2.89. The summed E-state index contributed by atoms with van der Waals surface area (Å²) in [4.78, 5) is 0. The lowest BCUT2D eigenvalue weighted by atomic mass is 10.2. The quantitative estimate of drug-likeness (QED) is 0.781. The minimum absolute atomic E-state index is 0.540. The first-order valence-corrected chi connectivity index (χ1v) is 6.50. The van der Waals surface area contributed by atoms with Crippen LogP contribution < -0.4 is 15.8 Å². The Morgan fingerprint density at radius 3 is 2.63 bits per heavy atom. The van der Waals surface area contributed by atoms with Gasteiger partial charge in [-0.1, -0.05) is 29.8 Å². The summed E-state index contributed by atoms with van der Waals surface area (Å²) in [6, 6.07) is 16.2. The van der Waals surface area contributed by atoms with E-state index in [1.807, 2.05) is 24.3 Å². The molecule has 0 radical (unpaired) electrons. The van der Waals surface area contributed by atoms with Crippen LogP contribution in [0.15, 0.2) is 48.5 Å². The van der Waals surface area contributed by atoms with Crippen molar-refractivity contribution in [3.63, 3.8) is 0 Å². The van der Waals surface area contributed by atoms with Crippen LogP contribution in [-0.2, 0) is 6.54 Å². The van der Waals surface area contributed by atoms with E-state index in [4.69, 9.17) is 10.5 Å². The number of hydrogen-bond acceptors (Lipinski definition) is 3. The zero-order chi connectivity index (χ0) is 13.5. The molecule has 0 unspecified atom stereocenters. The van der Waals surface area contributed by atoms with E-state index in [0.717, 1.165) is 23.5 Å². The molecule has 3 heteroatoms. The number of aryl methyl sites for hydroxylation is 1. The van der Waals surface area contributed by atoms with Crippen molar-refractivity contribution in [1.82, 2.24) is 0 Å². The van der Waals surface area contributed by atoms with Gasteiger partial charge in [-0.25, -0.2) is 0 Å². The van der Waals surface area contributed by atoms with Crippen LogP contribution in [0.4, 0.5) is 5.69 Å². The topological polar surface area (TPSA) is 47.3 Å². The Morgan fingerprint density at radius 1 is 1.11 bits per heavy atom. The van der Waals surface area contributed by atoms with Gasteiger partial charge in [0.2, 0.25) is 0 Å². The molecule has 0 atom stereocenters. The molecule has 0 saturated carbocycles. The fourth-order valence-corrected chi connectivity index (χ4v) is 1.80. The fraction of sp³-hybridized carbons (Fsp3) is 0.250. The van der Waals surface area contributed by atoms with Crippen molar-refractivity contribution < 1.29 is 4.74 Å². The molecule has 0 aromatic heterocycles. The van der Waals surface area contributed by atoms with Crippen LogP contribution >= 0.6 is 0 Å². The Labute approximate surface area is 114 Å². The summed E-state index contributed by atoms with van der Waals surface area (Å²) in [7, 11) is 0. The van der Waals surface area contributed by atoms with Gasteiger partial charge in [-0.3, -0.25) is 0 Å². The molecule has 0 amide bonds. The number of anilines is 1. The van der Waals surface area contributed by atoms with Crippen molar-refractivity contribution in [2.45, 2.75) is 13.5 Å². The molecule has 0 fully saturated rings. The van der Waals surface area contributed by atoms with E-state index in [2.05, 4.69) is 36.5 Å². The zero-order valence-electron chi connectivity index (χ0n) is 11.2. The predicted molar refractivity (Wildman–Crippen MR) is 79.5 cm³/mol. The van der Waals surface area contributed by atoms with Crippen molar-refractivity contribution in [2.24, 2.45) is 5.73 Å². The van der Waals surface area contributed by atoms with Crippen molar-refractivity contribution in [3.05, 3.63) is 59.7 Å². The molecule has 0 aliphatic carbocycles. The normalized spacial score (nSPS) is 10.2. The van der Waals surface area contributed by atoms with Crippen LogP contribution in [0, 0.1) is 6.92 Å². The number of ether oxygens (including phenoxy) is 1. The minimum atomic E-state index is 0.540. The van der Waals surface area contributed by atoms with Gasteiger partial charge in [0.25, 0.3) is 0 Å². The highest BCUT2D eigenvalue weighted by atomic mass is 16.5. The highest BCUT2D eigenvalue weighted by Crippen LogP contribution is 2.13. The molecule has 100 valence electrons. The van der Waals surface area contributed by atoms with Crippen molar-refractivity contribution >= 4 is 5.69 Å². The molecule has 0 heterocycles. The molecular formula is C16H20N2O. The number of hydrogen-bond donors (Lipinski definition) is 2. The predicted octanol–water partition coefficient (Wildman–Crippen LogP) is 2.94. The van der Waals surface area contributed by atoms with Crippen molar-refractivity contribution in [3.8, 4) is 5.75 Å². The summed E-state index contributed by atoms with van der Waals surface area (Å²) in [5.41, 5.74) is 9.06. The third kappa shape index (κ3) is 4.30. The Hall–Kier alpha value is -2.00. The standard InChI is InChI=1S/C16H20N2O/c1-13-5-7-15(8-6-13)18-9-10-19-16-4-2-3-14(11-16)12-17/h2-8,11,18H,9-10,12,17H2,1H3. The van der Waals surface area contributed by atoms with E-state index in [9.17, 15) is 0 Å². The van der Waals surface area contributed by atoms with Crippen LogP contribution in [0.2, 0.25) is 0 Å². The summed E-state index contributed by atoms with van der Waals surface area (Å²) < 4.78 is 5.68. The Morgan fingerprint density at radius 2 is 1.89 bits per heavy atom. The summed E-state index contributed by atoms with van der Waals surface area (Å²) in [5, 5.41) is 3.32. The van der Waals surface area contributed by atoms with E-state index >= 15 is 0 Å². The van der Waals surface area contributed by atoms with E-state index in [-0.39, 0.29) is 0 Å². The van der Waals surface area contributed by atoms with Gasteiger partial charge in [0.1, 0.15) is 12.4 Å². The maximum Gasteiger partial charge on any atom is 0.119 e. The lowest BCUT2D eigenvalue weighted by Crippen LogP contribution is -2.11. The molecule has 0 aliphatic rings. The maximum absolute atomic E-state index is 5.68. The highest BCUT2D eigenvalue weighted by Gasteiger charge is 1.96. The third-order valence-electron chi connectivity index (χ3n) is 2.89. The first-order valence-electron chi connectivity index (χ1n) is 6.50. The lowest BCUT2D eigenvalue weighted by Gasteiger charge is -2.09. The van der Waals surface area contributed by atoms with E-state index < -0.39 is 0 Å². The Bertz CT molecular complexity index is 508. The first-order chi connectivity index (χ1) is 9.28. The SMILES string of the molecule is Cc1ccc(NCCOc2cccc(CN)c2)cc1. The molecule has 3 nitrogen and oxygen atoms in total. The van der Waals surface area contributed by atoms with Gasteiger partial charge < -0.3 is 15.8 Å². The summed E-state index contributed by atoms with van der Waals surface area (Å²) in [6.45, 7) is 4.02. The van der Waals surface area contributed by atoms with Crippen LogP contribution in [0.25, 0.3) is 0 Å². The Balaban J connectivity index is 1.75. The van der Waals surface area contributed by atoms with E-state index in [1.165, 1.54) is 5.56 Å². The maximum atomic E-state index is 5.68. The van der Waals surface area contributed by atoms with Crippen LogP contribution in [-0.4, -0.2) is 13.2 Å². The number of nitrogens with one attached hydrogen (secondary N) is 1. The highest BCUT2D eigenvalue weighted by molar-refractivity contribution is 5.44. The number of benzene rings is 2. The van der Waals surface area contributed by atoms with Gasteiger partial charge in [0.15, 0.2) is 0 Å². The van der Waals surface area contributed by atoms with Crippen LogP contribution in [0.3, 0.4) is 0 Å². The zero-order valence-corrected chi connectivity index (χ0v) is 11.2. The van der Waals surface area contributed by atoms with Crippen molar-refractivity contribution in [2.75, 3.05) is 18.5 Å². The van der Waals surface area contributed by atoms with E-state index in [1.54, 1.807) is 0 Å². The van der Waals surface area contributed by atoms with Crippen LogP contribution in [0.1, 0.15) is 11.1 Å². The smallest absolute Gasteiger partial charge is 0.119 e.